The van der Waals surface area contributed by atoms with Crippen molar-refractivity contribution < 1.29 is 9.59 Å². The average Bonchev–Trinajstić information content (AvgIpc) is 2.40. The maximum Gasteiger partial charge on any atom is 0.207 e. The summed E-state index contributed by atoms with van der Waals surface area (Å²) in [5.41, 5.74) is 0.502. The zero-order valence-electron chi connectivity index (χ0n) is 9.34. The van der Waals surface area contributed by atoms with E-state index in [2.05, 4.69) is 25.9 Å². The number of nitrogens with zero attached hydrogens (tertiary/aromatic N) is 2. The van der Waals surface area contributed by atoms with Crippen LogP contribution in [0.2, 0.25) is 0 Å². The third-order valence-electron chi connectivity index (χ3n) is 2.30. The van der Waals surface area contributed by atoms with Crippen molar-refractivity contribution in [2.75, 3.05) is 0 Å². The lowest BCUT2D eigenvalue weighted by atomic mass is 10.1. The molecule has 0 spiro atoms. The minimum atomic E-state index is -0.372. The van der Waals surface area contributed by atoms with Crippen molar-refractivity contribution in [3.05, 3.63) is 58.6 Å². The van der Waals surface area contributed by atoms with Crippen molar-refractivity contribution in [1.29, 1.82) is 0 Å². The summed E-state index contributed by atoms with van der Waals surface area (Å²) in [6.45, 7) is 0. The molecule has 0 aliphatic carbocycles. The second-order valence-corrected chi connectivity index (χ2v) is 4.52. The van der Waals surface area contributed by atoms with Gasteiger partial charge in [0.15, 0.2) is 11.6 Å². The summed E-state index contributed by atoms with van der Waals surface area (Å²) in [7, 11) is 0. The molecule has 5 heteroatoms. The van der Waals surface area contributed by atoms with Crippen molar-refractivity contribution in [2.45, 2.75) is 6.42 Å². The molecule has 1 heterocycles. The van der Waals surface area contributed by atoms with Crippen molar-refractivity contribution in [3.63, 3.8) is 0 Å². The third kappa shape index (κ3) is 3.07. The summed E-state index contributed by atoms with van der Waals surface area (Å²) >= 11 is 3.28. The molecule has 0 unspecified atom stereocenters. The summed E-state index contributed by atoms with van der Waals surface area (Å²) in [5.74, 6) is -0.536. The number of halogens is 1. The summed E-state index contributed by atoms with van der Waals surface area (Å²) in [4.78, 5) is 31.2. The monoisotopic (exact) mass is 304 g/mol. The number of Topliss-reactive ketones (excluding diaryl/α,β-unsaturated/α-hetero) is 2. The Hall–Kier alpha value is -1.88. The lowest BCUT2D eigenvalue weighted by molar-refractivity contribution is 0.0888. The first-order valence-electron chi connectivity index (χ1n) is 5.26. The molecule has 0 bridgehead atoms. The Bertz CT molecular complexity index is 567. The van der Waals surface area contributed by atoms with Crippen LogP contribution in [0.4, 0.5) is 0 Å². The second-order valence-electron chi connectivity index (χ2n) is 3.60. The van der Waals surface area contributed by atoms with E-state index in [-0.39, 0.29) is 23.8 Å². The molecule has 0 fully saturated rings. The number of hydrogen-bond donors (Lipinski definition) is 0. The van der Waals surface area contributed by atoms with E-state index in [0.717, 1.165) is 4.47 Å². The van der Waals surface area contributed by atoms with Gasteiger partial charge in [-0.25, -0.2) is 9.97 Å². The van der Waals surface area contributed by atoms with Gasteiger partial charge in [-0.2, -0.15) is 0 Å². The topological polar surface area (TPSA) is 59.9 Å². The molecule has 0 atom stereocenters. The maximum atomic E-state index is 11.8. The van der Waals surface area contributed by atoms with Gasteiger partial charge in [-0.05, 0) is 18.2 Å². The molecule has 0 aliphatic heterocycles. The fourth-order valence-corrected chi connectivity index (χ4v) is 1.67. The summed E-state index contributed by atoms with van der Waals surface area (Å²) in [6.07, 6.45) is 2.74. The molecule has 0 radical (unpaired) electrons. The Kier molecular flexibility index (Phi) is 3.94. The average molecular weight is 305 g/mol. The van der Waals surface area contributed by atoms with E-state index < -0.39 is 0 Å². The first-order valence-corrected chi connectivity index (χ1v) is 6.05. The number of ketones is 2. The number of hydrogen-bond acceptors (Lipinski definition) is 4. The van der Waals surface area contributed by atoms with Crippen LogP contribution in [0, 0.1) is 0 Å². The molecule has 1 aromatic heterocycles. The lowest BCUT2D eigenvalue weighted by Gasteiger charge is -2.00. The van der Waals surface area contributed by atoms with E-state index in [0.29, 0.717) is 5.56 Å². The van der Waals surface area contributed by atoms with Gasteiger partial charge in [0, 0.05) is 22.4 Å². The van der Waals surface area contributed by atoms with Gasteiger partial charge in [0.2, 0.25) is 5.78 Å². The molecule has 4 nitrogen and oxygen atoms in total. The highest BCUT2D eigenvalue weighted by molar-refractivity contribution is 9.10. The Balaban J connectivity index is 2.08. The fraction of sp³-hybridized carbons (Fsp3) is 0.0769. The van der Waals surface area contributed by atoms with Crippen molar-refractivity contribution >= 4 is 27.5 Å². The molecule has 0 saturated heterocycles. The third-order valence-corrected chi connectivity index (χ3v) is 2.83. The first-order chi connectivity index (χ1) is 8.66. The fourth-order valence-electron chi connectivity index (χ4n) is 1.41. The zero-order valence-corrected chi connectivity index (χ0v) is 10.9. The molecule has 2 aromatic rings. The van der Waals surface area contributed by atoms with Crippen LogP contribution < -0.4 is 0 Å². The standard InChI is InChI=1S/C13H9BrN2O2/c14-10-4-2-9(3-5-10)11(17)8-12(18)13-15-6-1-7-16-13/h1-7H,8H2. The molecule has 1 aromatic carbocycles. The number of benzene rings is 1. The Morgan fingerprint density at radius 2 is 1.61 bits per heavy atom. The van der Waals surface area contributed by atoms with Gasteiger partial charge in [-0.3, -0.25) is 9.59 Å². The molecule has 2 rings (SSSR count). The lowest BCUT2D eigenvalue weighted by Crippen LogP contribution is -2.11. The number of carbonyl (C=O) groups excluding carboxylic acids is 2. The molecule has 0 saturated carbocycles. The van der Waals surface area contributed by atoms with E-state index in [4.69, 9.17) is 0 Å². The molecule has 0 N–H and O–H groups in total. The molecule has 0 amide bonds. The predicted octanol–water partition coefficient (Wildman–Crippen LogP) is 2.69. The predicted molar refractivity (Wildman–Crippen MR) is 69.5 cm³/mol. The summed E-state index contributed by atoms with van der Waals surface area (Å²) in [5, 5.41) is 0. The maximum absolute atomic E-state index is 11.8. The van der Waals surface area contributed by atoms with Gasteiger partial charge in [-0.1, -0.05) is 28.1 Å². The van der Waals surface area contributed by atoms with Gasteiger partial charge >= 0.3 is 0 Å². The highest BCUT2D eigenvalue weighted by Crippen LogP contribution is 2.12. The van der Waals surface area contributed by atoms with Gasteiger partial charge in [0.25, 0.3) is 0 Å². The van der Waals surface area contributed by atoms with E-state index >= 15 is 0 Å². The summed E-state index contributed by atoms with van der Waals surface area (Å²) < 4.78 is 0.886. The zero-order chi connectivity index (χ0) is 13.0. The minimum absolute atomic E-state index is 0.0722. The Labute approximate surface area is 112 Å². The van der Waals surface area contributed by atoms with Crippen LogP contribution in [-0.4, -0.2) is 21.5 Å². The molecule has 90 valence electrons. The largest absolute Gasteiger partial charge is 0.294 e. The van der Waals surface area contributed by atoms with Crippen molar-refractivity contribution in [3.8, 4) is 0 Å². The second kappa shape index (κ2) is 5.64. The van der Waals surface area contributed by atoms with E-state index in [9.17, 15) is 9.59 Å². The molecule has 18 heavy (non-hydrogen) atoms. The van der Waals surface area contributed by atoms with E-state index in [1.54, 1.807) is 30.3 Å². The number of rotatable bonds is 4. The van der Waals surface area contributed by atoms with Crippen LogP contribution >= 0.6 is 15.9 Å². The first kappa shape index (κ1) is 12.6. The number of aromatic nitrogens is 2. The normalized spacial score (nSPS) is 10.1. The van der Waals surface area contributed by atoms with Gasteiger partial charge < -0.3 is 0 Å². The molecular weight excluding hydrogens is 296 g/mol. The van der Waals surface area contributed by atoms with Crippen LogP contribution in [0.15, 0.2) is 47.2 Å². The number of carbonyl (C=O) groups is 2. The van der Waals surface area contributed by atoms with Crippen LogP contribution in [0.25, 0.3) is 0 Å². The van der Waals surface area contributed by atoms with Crippen LogP contribution in [0.3, 0.4) is 0 Å². The van der Waals surface area contributed by atoms with E-state index in [1.807, 2.05) is 0 Å². The highest BCUT2D eigenvalue weighted by Gasteiger charge is 2.15. The van der Waals surface area contributed by atoms with E-state index in [1.165, 1.54) is 12.4 Å². The van der Waals surface area contributed by atoms with Crippen molar-refractivity contribution in [2.24, 2.45) is 0 Å². The van der Waals surface area contributed by atoms with Gasteiger partial charge in [0.05, 0.1) is 6.42 Å². The smallest absolute Gasteiger partial charge is 0.207 e. The molecule has 0 aliphatic rings. The molecular formula is C13H9BrN2O2. The summed E-state index contributed by atoms with van der Waals surface area (Å²) in [6, 6.07) is 8.48. The van der Waals surface area contributed by atoms with Crippen LogP contribution in [0.1, 0.15) is 27.4 Å². The minimum Gasteiger partial charge on any atom is -0.294 e. The van der Waals surface area contributed by atoms with Crippen LogP contribution in [0.5, 0.6) is 0 Å². The quantitative estimate of drug-likeness (QED) is 0.643. The Morgan fingerprint density at radius 3 is 2.22 bits per heavy atom. The van der Waals surface area contributed by atoms with Crippen LogP contribution in [-0.2, 0) is 0 Å². The SMILES string of the molecule is O=C(CC(=O)c1ncccn1)c1ccc(Br)cc1. The van der Waals surface area contributed by atoms with Gasteiger partial charge in [-0.15, -0.1) is 0 Å². The van der Waals surface area contributed by atoms with Gasteiger partial charge in [0.1, 0.15) is 0 Å². The Morgan fingerprint density at radius 1 is 1.00 bits per heavy atom. The highest BCUT2D eigenvalue weighted by atomic mass is 79.9. The van der Waals surface area contributed by atoms with Crippen molar-refractivity contribution in [1.82, 2.24) is 9.97 Å².